The summed E-state index contributed by atoms with van der Waals surface area (Å²) in [4.78, 5) is 28.2. The van der Waals surface area contributed by atoms with Crippen LogP contribution in [0.15, 0.2) is 47.1 Å². The van der Waals surface area contributed by atoms with Crippen molar-refractivity contribution in [2.75, 3.05) is 25.5 Å². The van der Waals surface area contributed by atoms with E-state index >= 15 is 0 Å². The zero-order valence-corrected chi connectivity index (χ0v) is 14.6. The molecule has 0 spiro atoms. The minimum atomic E-state index is -0.306. The number of carbonyl (C=O) groups excluding carboxylic acids is 2. The first-order chi connectivity index (χ1) is 12.0. The summed E-state index contributed by atoms with van der Waals surface area (Å²) in [6.45, 7) is 1.31. The van der Waals surface area contributed by atoms with Crippen molar-refractivity contribution in [3.05, 3.63) is 54.0 Å². The summed E-state index contributed by atoms with van der Waals surface area (Å²) in [7, 11) is 3.96. The number of carbonyl (C=O) groups is 2. The van der Waals surface area contributed by atoms with E-state index in [-0.39, 0.29) is 24.2 Å². The van der Waals surface area contributed by atoms with Crippen molar-refractivity contribution in [3.63, 3.8) is 0 Å². The Bertz CT molecular complexity index is 740. The van der Waals surface area contributed by atoms with Crippen molar-refractivity contribution >= 4 is 17.5 Å². The molecule has 1 fully saturated rings. The number of nitrogens with one attached hydrogen (secondary N) is 1. The van der Waals surface area contributed by atoms with Crippen LogP contribution in [0.3, 0.4) is 0 Å². The highest BCUT2D eigenvalue weighted by Gasteiger charge is 2.34. The van der Waals surface area contributed by atoms with Gasteiger partial charge < -0.3 is 19.5 Å². The van der Waals surface area contributed by atoms with E-state index in [1.807, 2.05) is 49.3 Å². The number of hydrogen-bond acceptors (Lipinski definition) is 4. The third-order valence-electron chi connectivity index (χ3n) is 4.41. The van der Waals surface area contributed by atoms with Crippen LogP contribution in [0.4, 0.5) is 5.69 Å². The molecule has 1 aliphatic heterocycles. The Balaban J connectivity index is 1.53. The van der Waals surface area contributed by atoms with Crippen LogP contribution in [-0.4, -0.2) is 37.4 Å². The van der Waals surface area contributed by atoms with Gasteiger partial charge in [-0.2, -0.15) is 0 Å². The van der Waals surface area contributed by atoms with Crippen LogP contribution >= 0.6 is 0 Å². The second-order valence-electron chi connectivity index (χ2n) is 6.54. The predicted octanol–water partition coefficient (Wildman–Crippen LogP) is 2.01. The maximum Gasteiger partial charge on any atom is 0.225 e. The number of anilines is 1. The van der Waals surface area contributed by atoms with Crippen molar-refractivity contribution in [2.24, 2.45) is 5.92 Å². The second kappa shape index (κ2) is 7.42. The normalized spacial score (nSPS) is 17.0. The summed E-state index contributed by atoms with van der Waals surface area (Å²) in [6, 6.07) is 11.6. The number of furan rings is 1. The van der Waals surface area contributed by atoms with Gasteiger partial charge in [0.1, 0.15) is 5.76 Å². The first-order valence-electron chi connectivity index (χ1n) is 8.37. The number of amides is 2. The molecule has 25 heavy (non-hydrogen) atoms. The number of benzene rings is 1. The molecule has 6 heteroatoms. The van der Waals surface area contributed by atoms with Crippen molar-refractivity contribution < 1.29 is 14.0 Å². The molecule has 1 aliphatic rings. The lowest BCUT2D eigenvalue weighted by Crippen LogP contribution is -2.32. The molecule has 2 heterocycles. The summed E-state index contributed by atoms with van der Waals surface area (Å²) < 4.78 is 5.28. The molecule has 1 saturated heterocycles. The van der Waals surface area contributed by atoms with Crippen molar-refractivity contribution in [2.45, 2.75) is 19.5 Å². The Morgan fingerprint density at radius 1 is 1.32 bits per heavy atom. The standard InChI is InChI=1S/C19H23N3O3/c1-21(2)16-6-3-5-14(9-16)11-20-19(24)15-10-18(23)22(12-15)13-17-7-4-8-25-17/h3-9,15H,10-13H2,1-2H3,(H,20,24)/t15-/m1/s1. The molecule has 0 bridgehead atoms. The summed E-state index contributed by atoms with van der Waals surface area (Å²) >= 11 is 0. The fourth-order valence-electron chi connectivity index (χ4n) is 2.97. The predicted molar refractivity (Wildman–Crippen MR) is 94.8 cm³/mol. The van der Waals surface area contributed by atoms with E-state index in [9.17, 15) is 9.59 Å². The first-order valence-corrected chi connectivity index (χ1v) is 8.37. The molecule has 0 saturated carbocycles. The van der Waals surface area contributed by atoms with Gasteiger partial charge in [-0.3, -0.25) is 9.59 Å². The zero-order valence-electron chi connectivity index (χ0n) is 14.6. The van der Waals surface area contributed by atoms with Crippen LogP contribution < -0.4 is 10.2 Å². The highest BCUT2D eigenvalue weighted by molar-refractivity contribution is 5.89. The summed E-state index contributed by atoms with van der Waals surface area (Å²) in [6.07, 6.45) is 1.84. The molecule has 0 unspecified atom stereocenters. The molecular weight excluding hydrogens is 318 g/mol. The van der Waals surface area contributed by atoms with Gasteiger partial charge in [0.25, 0.3) is 0 Å². The van der Waals surface area contributed by atoms with Gasteiger partial charge in [-0.05, 0) is 29.8 Å². The summed E-state index contributed by atoms with van der Waals surface area (Å²) in [5.41, 5.74) is 2.13. The van der Waals surface area contributed by atoms with Crippen LogP contribution in [0.5, 0.6) is 0 Å². The molecule has 2 amide bonds. The maximum atomic E-state index is 12.4. The van der Waals surface area contributed by atoms with E-state index in [0.717, 1.165) is 17.0 Å². The Hall–Kier alpha value is -2.76. The molecule has 1 atom stereocenters. The monoisotopic (exact) mass is 341 g/mol. The number of likely N-dealkylation sites (tertiary alicyclic amines) is 1. The van der Waals surface area contributed by atoms with Crippen LogP contribution in [0.2, 0.25) is 0 Å². The van der Waals surface area contributed by atoms with Gasteiger partial charge in [-0.15, -0.1) is 0 Å². The van der Waals surface area contributed by atoms with Gasteiger partial charge >= 0.3 is 0 Å². The van der Waals surface area contributed by atoms with E-state index in [2.05, 4.69) is 5.32 Å². The molecule has 1 aromatic heterocycles. The Morgan fingerprint density at radius 3 is 2.88 bits per heavy atom. The van der Waals surface area contributed by atoms with Gasteiger partial charge in [0, 0.05) is 39.3 Å². The first kappa shape index (κ1) is 17.1. The van der Waals surface area contributed by atoms with Crippen LogP contribution in [0.25, 0.3) is 0 Å². The lowest BCUT2D eigenvalue weighted by atomic mass is 10.1. The van der Waals surface area contributed by atoms with Gasteiger partial charge in [-0.1, -0.05) is 12.1 Å². The molecule has 6 nitrogen and oxygen atoms in total. The van der Waals surface area contributed by atoms with E-state index in [0.29, 0.717) is 19.6 Å². The number of rotatable bonds is 6. The molecule has 1 aromatic carbocycles. The lowest BCUT2D eigenvalue weighted by molar-refractivity contribution is -0.129. The third kappa shape index (κ3) is 4.21. The number of nitrogens with zero attached hydrogens (tertiary/aromatic N) is 2. The maximum absolute atomic E-state index is 12.4. The molecule has 3 rings (SSSR count). The highest BCUT2D eigenvalue weighted by Crippen LogP contribution is 2.21. The average molecular weight is 341 g/mol. The second-order valence-corrected chi connectivity index (χ2v) is 6.54. The van der Waals surface area contributed by atoms with Gasteiger partial charge in [-0.25, -0.2) is 0 Å². The largest absolute Gasteiger partial charge is 0.467 e. The number of hydrogen-bond donors (Lipinski definition) is 1. The van der Waals surface area contributed by atoms with Gasteiger partial charge in [0.15, 0.2) is 0 Å². The summed E-state index contributed by atoms with van der Waals surface area (Å²) in [5, 5.41) is 2.95. The van der Waals surface area contributed by atoms with Gasteiger partial charge in [0.05, 0.1) is 18.7 Å². The van der Waals surface area contributed by atoms with E-state index < -0.39 is 0 Å². The molecule has 0 aliphatic carbocycles. The third-order valence-corrected chi connectivity index (χ3v) is 4.41. The van der Waals surface area contributed by atoms with Crippen molar-refractivity contribution in [1.82, 2.24) is 10.2 Å². The fraction of sp³-hybridized carbons (Fsp3) is 0.368. The van der Waals surface area contributed by atoms with Crippen molar-refractivity contribution in [3.8, 4) is 0 Å². The topological polar surface area (TPSA) is 65.8 Å². The smallest absolute Gasteiger partial charge is 0.225 e. The van der Waals surface area contributed by atoms with Gasteiger partial charge in [0.2, 0.25) is 11.8 Å². The Labute approximate surface area is 147 Å². The molecule has 132 valence electrons. The zero-order chi connectivity index (χ0) is 17.8. The molecule has 0 radical (unpaired) electrons. The van der Waals surface area contributed by atoms with E-state index in [4.69, 9.17) is 4.42 Å². The van der Waals surface area contributed by atoms with E-state index in [1.165, 1.54) is 0 Å². The minimum Gasteiger partial charge on any atom is -0.467 e. The quantitative estimate of drug-likeness (QED) is 0.873. The van der Waals surface area contributed by atoms with Crippen LogP contribution in [-0.2, 0) is 22.7 Å². The van der Waals surface area contributed by atoms with Crippen molar-refractivity contribution in [1.29, 1.82) is 0 Å². The van der Waals surface area contributed by atoms with Crippen LogP contribution in [0, 0.1) is 5.92 Å². The molecule has 2 aromatic rings. The summed E-state index contributed by atoms with van der Waals surface area (Å²) in [5.74, 6) is 0.339. The minimum absolute atomic E-state index is 0.00819. The molecule has 1 N–H and O–H groups in total. The van der Waals surface area contributed by atoms with Crippen LogP contribution in [0.1, 0.15) is 17.7 Å². The average Bonchev–Trinajstić information content (AvgIpc) is 3.23. The molecular formula is C19H23N3O3. The highest BCUT2D eigenvalue weighted by atomic mass is 16.3. The Morgan fingerprint density at radius 2 is 2.16 bits per heavy atom. The Kier molecular flexibility index (Phi) is 5.07. The fourth-order valence-corrected chi connectivity index (χ4v) is 2.97. The lowest BCUT2D eigenvalue weighted by Gasteiger charge is -2.16. The SMILES string of the molecule is CN(C)c1cccc(CNC(=O)[C@@H]2CC(=O)N(Cc3ccco3)C2)c1. The van der Waals surface area contributed by atoms with E-state index in [1.54, 1.807) is 17.2 Å².